The molecule has 0 spiro atoms. The molecule has 6 heteroatoms. The van der Waals surface area contributed by atoms with Gasteiger partial charge in [0.15, 0.2) is 0 Å². The van der Waals surface area contributed by atoms with Gasteiger partial charge in [0.25, 0.3) is 0 Å². The number of carbonyl (C=O) groups is 1. The number of methoxy groups -OCH3 is 1. The van der Waals surface area contributed by atoms with Crippen LogP contribution in [0.1, 0.15) is 5.56 Å². The largest absolute Gasteiger partial charge is 0.497 e. The third kappa shape index (κ3) is 5.26. The average molecular weight is 378 g/mol. The maximum atomic E-state index is 12.5. The van der Waals surface area contributed by atoms with Crippen molar-refractivity contribution in [1.29, 1.82) is 0 Å². The summed E-state index contributed by atoms with van der Waals surface area (Å²) in [5, 5.41) is 2.88. The number of nitrogens with one attached hydrogen (secondary N) is 1. The second-order valence-corrected chi connectivity index (χ2v) is 5.91. The van der Waals surface area contributed by atoms with Crippen LogP contribution in [-0.2, 0) is 6.54 Å². The number of hydrogen-bond donors (Lipinski definition) is 2. The molecular weight excluding hydrogens is 358 g/mol. The highest BCUT2D eigenvalue weighted by Crippen LogP contribution is 2.17. The topological polar surface area (TPSA) is 67.6 Å². The van der Waals surface area contributed by atoms with Gasteiger partial charge in [0.05, 0.1) is 7.11 Å². The fraction of sp³-hybridized carbons (Fsp3) is 0.235. The fourth-order valence-electron chi connectivity index (χ4n) is 2.14. The van der Waals surface area contributed by atoms with Gasteiger partial charge in [-0.25, -0.2) is 4.79 Å². The second kappa shape index (κ2) is 8.55. The third-order valence-electron chi connectivity index (χ3n) is 3.29. The number of carbonyl (C=O) groups excluding carboxylic acids is 1. The summed E-state index contributed by atoms with van der Waals surface area (Å²) >= 11 is 3.37. The highest BCUT2D eigenvalue weighted by atomic mass is 79.9. The molecule has 2 amide bonds. The lowest BCUT2D eigenvalue weighted by molar-refractivity contribution is 0.210. The number of nitrogens with two attached hydrogens (primary N) is 1. The maximum absolute atomic E-state index is 12.5. The smallest absolute Gasteiger partial charge is 0.322 e. The van der Waals surface area contributed by atoms with Gasteiger partial charge in [0.2, 0.25) is 0 Å². The molecule has 0 aliphatic rings. The van der Waals surface area contributed by atoms with Crippen LogP contribution in [-0.4, -0.2) is 31.1 Å². The molecule has 0 aliphatic heterocycles. The van der Waals surface area contributed by atoms with Crippen molar-refractivity contribution in [1.82, 2.24) is 4.90 Å². The molecule has 5 nitrogen and oxygen atoms in total. The van der Waals surface area contributed by atoms with Crippen LogP contribution < -0.4 is 15.8 Å². The zero-order valence-corrected chi connectivity index (χ0v) is 14.5. The van der Waals surface area contributed by atoms with Gasteiger partial charge < -0.3 is 20.7 Å². The molecule has 2 rings (SSSR count). The minimum Gasteiger partial charge on any atom is -0.497 e. The summed E-state index contributed by atoms with van der Waals surface area (Å²) in [7, 11) is 1.62. The molecule has 2 aromatic carbocycles. The molecule has 0 heterocycles. The zero-order valence-electron chi connectivity index (χ0n) is 13.0. The molecule has 0 fully saturated rings. The van der Waals surface area contributed by atoms with Gasteiger partial charge in [0.1, 0.15) is 5.75 Å². The van der Waals surface area contributed by atoms with E-state index in [9.17, 15) is 4.79 Å². The predicted octanol–water partition coefficient (Wildman–Crippen LogP) is 3.45. The summed E-state index contributed by atoms with van der Waals surface area (Å²) in [5.74, 6) is 0.767. The average Bonchev–Trinajstić information content (AvgIpc) is 2.56. The molecule has 0 saturated heterocycles. The van der Waals surface area contributed by atoms with E-state index in [4.69, 9.17) is 10.5 Å². The maximum Gasteiger partial charge on any atom is 0.322 e. The molecule has 0 aromatic heterocycles. The van der Waals surface area contributed by atoms with Crippen molar-refractivity contribution in [2.45, 2.75) is 6.54 Å². The monoisotopic (exact) mass is 377 g/mol. The van der Waals surface area contributed by atoms with Crippen LogP contribution in [0.2, 0.25) is 0 Å². The van der Waals surface area contributed by atoms with Crippen molar-refractivity contribution in [3.8, 4) is 5.75 Å². The number of hydrogen-bond acceptors (Lipinski definition) is 3. The van der Waals surface area contributed by atoms with E-state index in [-0.39, 0.29) is 6.03 Å². The minimum absolute atomic E-state index is 0.180. The third-order valence-corrected chi connectivity index (χ3v) is 3.82. The number of rotatable bonds is 6. The molecule has 0 atom stereocenters. The standard InChI is InChI=1S/C17H20BrN3O2/c1-23-16-4-2-3-13(11-16)12-21(10-9-19)17(22)20-15-7-5-14(18)6-8-15/h2-8,11H,9-10,12,19H2,1H3,(H,20,22). The first-order valence-corrected chi connectivity index (χ1v) is 8.06. The molecule has 0 aliphatic carbocycles. The SMILES string of the molecule is COc1cccc(CN(CCN)C(=O)Nc2ccc(Br)cc2)c1. The molecule has 0 bridgehead atoms. The summed E-state index contributed by atoms with van der Waals surface area (Å²) in [6.45, 7) is 1.34. The molecule has 0 unspecified atom stereocenters. The number of halogens is 1. The summed E-state index contributed by atoms with van der Waals surface area (Å²) in [6, 6.07) is 14.9. The van der Waals surface area contributed by atoms with E-state index < -0.39 is 0 Å². The van der Waals surface area contributed by atoms with Crippen LogP contribution >= 0.6 is 15.9 Å². The van der Waals surface area contributed by atoms with E-state index in [1.165, 1.54) is 0 Å². The lowest BCUT2D eigenvalue weighted by atomic mass is 10.2. The predicted molar refractivity (Wildman–Crippen MR) is 95.6 cm³/mol. The van der Waals surface area contributed by atoms with Crippen molar-refractivity contribution in [3.05, 3.63) is 58.6 Å². The van der Waals surface area contributed by atoms with Crippen LogP contribution in [0, 0.1) is 0 Å². The Labute approximate surface area is 144 Å². The number of amides is 2. The van der Waals surface area contributed by atoms with Crippen molar-refractivity contribution < 1.29 is 9.53 Å². The summed E-state index contributed by atoms with van der Waals surface area (Å²) in [4.78, 5) is 14.1. The lowest BCUT2D eigenvalue weighted by Crippen LogP contribution is -2.38. The van der Waals surface area contributed by atoms with Gasteiger partial charge in [0, 0.05) is 29.8 Å². The minimum atomic E-state index is -0.180. The number of anilines is 1. The van der Waals surface area contributed by atoms with Crippen LogP contribution in [0.25, 0.3) is 0 Å². The van der Waals surface area contributed by atoms with E-state index >= 15 is 0 Å². The van der Waals surface area contributed by atoms with Gasteiger partial charge in [-0.15, -0.1) is 0 Å². The van der Waals surface area contributed by atoms with Gasteiger partial charge in [-0.05, 0) is 42.0 Å². The number of benzene rings is 2. The van der Waals surface area contributed by atoms with Crippen LogP contribution in [0.5, 0.6) is 5.75 Å². The Balaban J connectivity index is 2.07. The highest BCUT2D eigenvalue weighted by molar-refractivity contribution is 9.10. The number of urea groups is 1. The van der Waals surface area contributed by atoms with E-state index in [2.05, 4.69) is 21.2 Å². The van der Waals surface area contributed by atoms with E-state index in [1.54, 1.807) is 12.0 Å². The number of nitrogens with zero attached hydrogens (tertiary/aromatic N) is 1. The lowest BCUT2D eigenvalue weighted by Gasteiger charge is -2.23. The Morgan fingerprint density at radius 2 is 2.00 bits per heavy atom. The van der Waals surface area contributed by atoms with Crippen molar-refractivity contribution >= 4 is 27.6 Å². The van der Waals surface area contributed by atoms with Crippen molar-refractivity contribution in [2.75, 3.05) is 25.5 Å². The Morgan fingerprint density at radius 1 is 1.26 bits per heavy atom. The van der Waals surface area contributed by atoms with Crippen molar-refractivity contribution in [2.24, 2.45) is 5.73 Å². The van der Waals surface area contributed by atoms with Crippen LogP contribution in [0.3, 0.4) is 0 Å². The Hall–Kier alpha value is -2.05. The first-order chi connectivity index (χ1) is 11.1. The summed E-state index contributed by atoms with van der Waals surface area (Å²) in [5.41, 5.74) is 7.37. The van der Waals surface area contributed by atoms with E-state index in [0.717, 1.165) is 21.5 Å². The summed E-state index contributed by atoms with van der Waals surface area (Å²) in [6.07, 6.45) is 0. The van der Waals surface area contributed by atoms with Gasteiger partial charge in [-0.2, -0.15) is 0 Å². The molecule has 3 N–H and O–H groups in total. The molecular formula is C17H20BrN3O2. The fourth-order valence-corrected chi connectivity index (χ4v) is 2.40. The molecule has 0 saturated carbocycles. The zero-order chi connectivity index (χ0) is 16.7. The van der Waals surface area contributed by atoms with Gasteiger partial charge in [-0.1, -0.05) is 28.1 Å². The Bertz CT molecular complexity index is 647. The Kier molecular flexibility index (Phi) is 6.43. The molecule has 0 radical (unpaired) electrons. The van der Waals surface area contributed by atoms with Gasteiger partial charge >= 0.3 is 6.03 Å². The quantitative estimate of drug-likeness (QED) is 0.809. The molecule has 2 aromatic rings. The highest BCUT2D eigenvalue weighted by Gasteiger charge is 2.13. The Morgan fingerprint density at radius 3 is 2.65 bits per heavy atom. The normalized spacial score (nSPS) is 10.2. The number of ether oxygens (including phenoxy) is 1. The first-order valence-electron chi connectivity index (χ1n) is 7.27. The first kappa shape index (κ1) is 17.3. The summed E-state index contributed by atoms with van der Waals surface area (Å²) < 4.78 is 6.18. The second-order valence-electron chi connectivity index (χ2n) is 5.00. The van der Waals surface area contributed by atoms with Gasteiger partial charge in [-0.3, -0.25) is 0 Å². The van der Waals surface area contributed by atoms with Crippen molar-refractivity contribution in [3.63, 3.8) is 0 Å². The van der Waals surface area contributed by atoms with E-state index in [1.807, 2.05) is 48.5 Å². The molecule has 23 heavy (non-hydrogen) atoms. The van der Waals surface area contributed by atoms with Crippen LogP contribution in [0.15, 0.2) is 53.0 Å². The molecule has 122 valence electrons. The van der Waals surface area contributed by atoms with Crippen LogP contribution in [0.4, 0.5) is 10.5 Å². The van der Waals surface area contributed by atoms with E-state index in [0.29, 0.717) is 19.6 Å².